The lowest BCUT2D eigenvalue weighted by Gasteiger charge is -2.25. The van der Waals surface area contributed by atoms with Crippen LogP contribution >= 0.6 is 0 Å². The van der Waals surface area contributed by atoms with Crippen LogP contribution in [0.25, 0.3) is 0 Å². The van der Waals surface area contributed by atoms with Crippen LogP contribution in [0.1, 0.15) is 23.9 Å². The number of hydrogen-bond acceptors (Lipinski definition) is 5. The second kappa shape index (κ2) is 7.94. The number of benzene rings is 1. The Morgan fingerprint density at radius 2 is 1.70 bits per heavy atom. The van der Waals surface area contributed by atoms with E-state index in [9.17, 15) is 35.9 Å². The number of carbonyl (C=O) groups is 1. The summed E-state index contributed by atoms with van der Waals surface area (Å²) in [6.45, 7) is 1.03. The van der Waals surface area contributed by atoms with Crippen LogP contribution in [0.15, 0.2) is 47.4 Å². The smallest absolute Gasteiger partial charge is 0.433 e. The monoisotopic (exact) mass is 475 g/mol. The van der Waals surface area contributed by atoms with Gasteiger partial charge in [0.15, 0.2) is 11.3 Å². The highest BCUT2D eigenvalue weighted by molar-refractivity contribution is 5.85. The molecule has 14 heteroatoms. The second-order valence-corrected chi connectivity index (χ2v) is 7.01. The molecule has 0 radical (unpaired) electrons. The summed E-state index contributed by atoms with van der Waals surface area (Å²) in [7, 11) is 0.985. The molecular weight excluding hydrogens is 460 g/mol. The number of primary amides is 1. The van der Waals surface area contributed by atoms with Crippen molar-refractivity contribution in [1.82, 2.24) is 19.6 Å². The number of amides is 1. The summed E-state index contributed by atoms with van der Waals surface area (Å²) in [4.78, 5) is 24.9. The zero-order valence-electron chi connectivity index (χ0n) is 16.9. The Bertz CT molecular complexity index is 1260. The number of carbonyl (C=O) groups excluding carboxylic acids is 1. The van der Waals surface area contributed by atoms with E-state index in [0.717, 1.165) is 44.4 Å². The normalized spacial score (nSPS) is 14.1. The molecular formula is C19H15F6N5O3. The van der Waals surface area contributed by atoms with Gasteiger partial charge in [-0.1, -0.05) is 12.1 Å². The van der Waals surface area contributed by atoms with Crippen molar-refractivity contribution < 1.29 is 35.9 Å². The fourth-order valence-corrected chi connectivity index (χ4v) is 3.01. The zero-order valence-corrected chi connectivity index (χ0v) is 16.9. The van der Waals surface area contributed by atoms with Crippen LogP contribution in [0.5, 0.6) is 11.5 Å². The number of nitrogens with two attached hydrogens (primary N) is 1. The van der Waals surface area contributed by atoms with Gasteiger partial charge in [-0.05, 0) is 25.1 Å². The number of hydrogen-bond donors (Lipinski definition) is 1. The molecule has 3 aromatic rings. The summed E-state index contributed by atoms with van der Waals surface area (Å²) in [5.74, 6) is -2.27. The van der Waals surface area contributed by atoms with E-state index in [-0.39, 0.29) is 0 Å². The van der Waals surface area contributed by atoms with Crippen LogP contribution in [-0.4, -0.2) is 25.5 Å². The molecule has 0 fully saturated rings. The number of halogens is 6. The van der Waals surface area contributed by atoms with Gasteiger partial charge in [0.05, 0.1) is 11.8 Å². The Balaban J connectivity index is 2.06. The molecule has 0 saturated heterocycles. The van der Waals surface area contributed by atoms with Crippen molar-refractivity contribution in [2.45, 2.75) is 24.8 Å². The third-order valence-corrected chi connectivity index (χ3v) is 4.77. The Morgan fingerprint density at radius 3 is 2.21 bits per heavy atom. The molecule has 176 valence electrons. The van der Waals surface area contributed by atoms with Gasteiger partial charge in [-0.2, -0.15) is 36.5 Å². The lowest BCUT2D eigenvalue weighted by molar-refractivity contribution is -0.143. The average molecular weight is 475 g/mol. The summed E-state index contributed by atoms with van der Waals surface area (Å²) in [5, 5.41) is 7.36. The second-order valence-electron chi connectivity index (χ2n) is 7.01. The number of aryl methyl sites for hydroxylation is 1. The van der Waals surface area contributed by atoms with Gasteiger partial charge in [-0.15, -0.1) is 0 Å². The molecule has 0 aliphatic carbocycles. The van der Waals surface area contributed by atoms with Gasteiger partial charge in [0, 0.05) is 13.1 Å². The maximum atomic E-state index is 13.2. The predicted octanol–water partition coefficient (Wildman–Crippen LogP) is 3.06. The third kappa shape index (κ3) is 4.40. The highest BCUT2D eigenvalue weighted by atomic mass is 19.4. The minimum absolute atomic E-state index is 0.406. The Morgan fingerprint density at radius 1 is 1.06 bits per heavy atom. The predicted molar refractivity (Wildman–Crippen MR) is 100 cm³/mol. The molecule has 1 unspecified atom stereocenters. The first kappa shape index (κ1) is 23.8. The molecule has 2 N–H and O–H groups in total. The van der Waals surface area contributed by atoms with Crippen LogP contribution in [-0.2, 0) is 29.7 Å². The van der Waals surface area contributed by atoms with E-state index in [1.54, 1.807) is 0 Å². The summed E-state index contributed by atoms with van der Waals surface area (Å²) in [6.07, 6.45) is -8.72. The molecule has 2 heterocycles. The highest BCUT2D eigenvalue weighted by Gasteiger charge is 2.44. The van der Waals surface area contributed by atoms with E-state index in [2.05, 4.69) is 10.2 Å². The van der Waals surface area contributed by atoms with Crippen LogP contribution in [0.4, 0.5) is 26.3 Å². The number of para-hydroxylation sites is 1. The van der Waals surface area contributed by atoms with Gasteiger partial charge in [-0.25, -0.2) is 4.68 Å². The molecule has 1 amide bonds. The first-order chi connectivity index (χ1) is 15.2. The zero-order chi connectivity index (χ0) is 24.8. The minimum atomic E-state index is -4.81. The Kier molecular flexibility index (Phi) is 5.73. The van der Waals surface area contributed by atoms with Crippen LogP contribution in [0.3, 0.4) is 0 Å². The average Bonchev–Trinajstić information content (AvgIpc) is 3.09. The molecule has 0 saturated carbocycles. The molecule has 0 aliphatic heterocycles. The van der Waals surface area contributed by atoms with Crippen molar-refractivity contribution in [2.75, 3.05) is 0 Å². The van der Waals surface area contributed by atoms with Crippen LogP contribution in [0.2, 0.25) is 0 Å². The molecule has 2 aromatic heterocycles. The maximum absolute atomic E-state index is 13.2. The standard InChI is InChI=1S/C19H15F6N5O3/c1-17(16(26)32,13-8-14(19(23,24)25)29(2)28-13)30-15(31)7-10(9-27-30)33-12-6-4-3-5-11(12)18(20,21)22/h3-9H,1-2H3,(H2,26,32). The fraction of sp³-hybridized carbons (Fsp3) is 0.263. The Labute approximate surface area is 181 Å². The molecule has 1 aromatic carbocycles. The largest absolute Gasteiger partial charge is 0.455 e. The first-order valence-electron chi connectivity index (χ1n) is 9.01. The number of ether oxygens (including phenoxy) is 1. The molecule has 0 spiro atoms. The van der Waals surface area contributed by atoms with Gasteiger partial charge in [0.1, 0.15) is 17.1 Å². The molecule has 0 bridgehead atoms. The molecule has 3 rings (SSSR count). The van der Waals surface area contributed by atoms with Crippen LogP contribution in [0, 0.1) is 0 Å². The lowest BCUT2D eigenvalue weighted by atomic mass is 9.96. The number of nitrogens with zero attached hydrogens (tertiary/aromatic N) is 4. The summed E-state index contributed by atoms with van der Waals surface area (Å²) in [5.41, 5.74) is -0.791. The van der Waals surface area contributed by atoms with E-state index >= 15 is 0 Å². The van der Waals surface area contributed by atoms with E-state index < -0.39 is 57.8 Å². The van der Waals surface area contributed by atoms with Gasteiger partial charge < -0.3 is 10.5 Å². The molecule has 8 nitrogen and oxygen atoms in total. The van der Waals surface area contributed by atoms with Crippen molar-refractivity contribution in [3.05, 3.63) is 69.9 Å². The number of rotatable bonds is 5. The Hall–Kier alpha value is -3.84. The molecule has 1 atom stereocenters. The van der Waals surface area contributed by atoms with Crippen molar-refractivity contribution >= 4 is 5.91 Å². The van der Waals surface area contributed by atoms with Crippen molar-refractivity contribution in [3.63, 3.8) is 0 Å². The SMILES string of the molecule is Cn1nc(C(C)(C(N)=O)n2ncc(Oc3ccccc3C(F)(F)F)cc2=O)cc1C(F)(F)F. The van der Waals surface area contributed by atoms with Gasteiger partial charge in [0.2, 0.25) is 0 Å². The maximum Gasteiger partial charge on any atom is 0.433 e. The van der Waals surface area contributed by atoms with Crippen molar-refractivity contribution in [1.29, 1.82) is 0 Å². The minimum Gasteiger partial charge on any atom is -0.455 e. The van der Waals surface area contributed by atoms with E-state index in [0.29, 0.717) is 15.4 Å². The van der Waals surface area contributed by atoms with Crippen molar-refractivity contribution in [3.8, 4) is 11.5 Å². The van der Waals surface area contributed by atoms with Gasteiger partial charge in [-0.3, -0.25) is 14.3 Å². The van der Waals surface area contributed by atoms with E-state index in [4.69, 9.17) is 10.5 Å². The number of aromatic nitrogens is 4. The first-order valence-corrected chi connectivity index (χ1v) is 9.01. The van der Waals surface area contributed by atoms with Gasteiger partial charge in [0.25, 0.3) is 11.5 Å². The fourth-order valence-electron chi connectivity index (χ4n) is 3.01. The van der Waals surface area contributed by atoms with E-state index in [1.807, 2.05) is 0 Å². The molecule has 33 heavy (non-hydrogen) atoms. The highest BCUT2D eigenvalue weighted by Crippen LogP contribution is 2.38. The van der Waals surface area contributed by atoms with Crippen LogP contribution < -0.4 is 16.0 Å². The quantitative estimate of drug-likeness (QED) is 0.572. The third-order valence-electron chi connectivity index (χ3n) is 4.77. The summed E-state index contributed by atoms with van der Waals surface area (Å²) >= 11 is 0. The number of alkyl halides is 6. The summed E-state index contributed by atoms with van der Waals surface area (Å²) < 4.78 is 85.0. The summed E-state index contributed by atoms with van der Waals surface area (Å²) in [6, 6.07) is 5.48. The van der Waals surface area contributed by atoms with Crippen molar-refractivity contribution in [2.24, 2.45) is 12.8 Å². The van der Waals surface area contributed by atoms with Gasteiger partial charge >= 0.3 is 12.4 Å². The van der Waals surface area contributed by atoms with E-state index in [1.165, 1.54) is 6.07 Å². The lowest BCUT2D eigenvalue weighted by Crippen LogP contribution is -2.50. The topological polar surface area (TPSA) is 105 Å². The molecule has 0 aliphatic rings.